The van der Waals surface area contributed by atoms with Crippen LogP contribution in [0.3, 0.4) is 0 Å². The minimum Gasteiger partial charge on any atom is -0.305 e. The van der Waals surface area contributed by atoms with E-state index in [0.717, 1.165) is 13.1 Å². The van der Waals surface area contributed by atoms with E-state index >= 15 is 0 Å². The third-order valence-corrected chi connectivity index (χ3v) is 2.16. The monoisotopic (exact) mass is 143 g/mol. The van der Waals surface area contributed by atoms with Gasteiger partial charge in [0, 0.05) is 19.1 Å². The third kappa shape index (κ3) is 1.94. The molecule has 0 bridgehead atoms. The zero-order valence-corrected chi connectivity index (χ0v) is 6.88. The van der Waals surface area contributed by atoms with E-state index in [1.165, 1.54) is 12.8 Å². The van der Waals surface area contributed by atoms with E-state index in [2.05, 4.69) is 19.0 Å². The van der Waals surface area contributed by atoms with Crippen LogP contribution in [0.2, 0.25) is 0 Å². The van der Waals surface area contributed by atoms with Crippen LogP contribution in [0.1, 0.15) is 12.8 Å². The Bertz CT molecular complexity index is 103. The number of hydrogen-bond acceptors (Lipinski definition) is 3. The minimum absolute atomic E-state index is 0.666. The van der Waals surface area contributed by atoms with Gasteiger partial charge >= 0.3 is 0 Å². The molecule has 0 spiro atoms. The molecule has 10 heavy (non-hydrogen) atoms. The molecule has 1 atom stereocenters. The number of nitrogens with zero attached hydrogens (tertiary/aromatic N) is 2. The molecule has 3 heteroatoms. The van der Waals surface area contributed by atoms with Crippen molar-refractivity contribution in [1.82, 2.24) is 9.91 Å². The minimum atomic E-state index is 0.666. The van der Waals surface area contributed by atoms with Gasteiger partial charge in [0.2, 0.25) is 0 Å². The Hall–Kier alpha value is -0.120. The molecule has 1 aliphatic rings. The van der Waals surface area contributed by atoms with Crippen LogP contribution in [0.15, 0.2) is 0 Å². The summed E-state index contributed by atoms with van der Waals surface area (Å²) in [5.41, 5.74) is 0. The lowest BCUT2D eigenvalue weighted by Crippen LogP contribution is -2.48. The maximum atomic E-state index is 5.67. The molecule has 1 heterocycles. The second-order valence-electron chi connectivity index (χ2n) is 3.25. The van der Waals surface area contributed by atoms with Crippen LogP contribution < -0.4 is 5.84 Å². The summed E-state index contributed by atoms with van der Waals surface area (Å²) in [6, 6.07) is 0.666. The lowest BCUT2D eigenvalue weighted by atomic mass is 10.1. The van der Waals surface area contributed by atoms with Crippen molar-refractivity contribution in [3.8, 4) is 0 Å². The second-order valence-corrected chi connectivity index (χ2v) is 3.25. The molecule has 0 amide bonds. The Morgan fingerprint density at radius 1 is 1.50 bits per heavy atom. The van der Waals surface area contributed by atoms with Gasteiger partial charge in [-0.25, -0.2) is 5.01 Å². The van der Waals surface area contributed by atoms with E-state index in [4.69, 9.17) is 5.84 Å². The van der Waals surface area contributed by atoms with Crippen molar-refractivity contribution < 1.29 is 0 Å². The summed E-state index contributed by atoms with van der Waals surface area (Å²) in [7, 11) is 4.23. The highest BCUT2D eigenvalue weighted by atomic mass is 15.4. The van der Waals surface area contributed by atoms with Crippen LogP contribution in [0.5, 0.6) is 0 Å². The van der Waals surface area contributed by atoms with Gasteiger partial charge in [-0.2, -0.15) is 0 Å². The average Bonchev–Trinajstić information content (AvgIpc) is 1.88. The molecule has 0 aromatic carbocycles. The molecule has 3 nitrogen and oxygen atoms in total. The SMILES string of the molecule is CN(C)C1CCCN(N)C1. The highest BCUT2D eigenvalue weighted by Crippen LogP contribution is 2.09. The Morgan fingerprint density at radius 3 is 2.60 bits per heavy atom. The quantitative estimate of drug-likeness (QED) is 0.520. The zero-order valence-electron chi connectivity index (χ0n) is 6.88. The molecule has 1 saturated heterocycles. The second kappa shape index (κ2) is 3.32. The molecule has 0 saturated carbocycles. The van der Waals surface area contributed by atoms with Crippen LogP contribution in [0, 0.1) is 0 Å². The molecule has 1 fully saturated rings. The van der Waals surface area contributed by atoms with Crippen molar-refractivity contribution in [3.63, 3.8) is 0 Å². The van der Waals surface area contributed by atoms with Gasteiger partial charge in [0.15, 0.2) is 0 Å². The van der Waals surface area contributed by atoms with Gasteiger partial charge in [-0.1, -0.05) is 0 Å². The van der Waals surface area contributed by atoms with Crippen LogP contribution in [0.25, 0.3) is 0 Å². The molecule has 0 aromatic heterocycles. The van der Waals surface area contributed by atoms with E-state index in [-0.39, 0.29) is 0 Å². The maximum absolute atomic E-state index is 5.67. The number of nitrogens with two attached hydrogens (primary N) is 1. The first-order valence-corrected chi connectivity index (χ1v) is 3.86. The van der Waals surface area contributed by atoms with Gasteiger partial charge in [0.1, 0.15) is 0 Å². The van der Waals surface area contributed by atoms with Crippen LogP contribution >= 0.6 is 0 Å². The standard InChI is InChI=1S/C7H17N3/c1-9(2)7-4-3-5-10(8)6-7/h7H,3-6,8H2,1-2H3. The fourth-order valence-electron chi connectivity index (χ4n) is 1.40. The summed E-state index contributed by atoms with van der Waals surface area (Å²) in [6.07, 6.45) is 2.53. The zero-order chi connectivity index (χ0) is 7.56. The average molecular weight is 143 g/mol. The Kier molecular flexibility index (Phi) is 2.65. The maximum Gasteiger partial charge on any atom is 0.0284 e. The lowest BCUT2D eigenvalue weighted by molar-refractivity contribution is 0.134. The van der Waals surface area contributed by atoms with Gasteiger partial charge in [-0.05, 0) is 26.9 Å². The Morgan fingerprint density at radius 2 is 2.20 bits per heavy atom. The molecule has 0 aliphatic carbocycles. The summed E-state index contributed by atoms with van der Waals surface area (Å²) < 4.78 is 0. The van der Waals surface area contributed by atoms with Crippen molar-refractivity contribution in [2.45, 2.75) is 18.9 Å². The largest absolute Gasteiger partial charge is 0.305 e. The third-order valence-electron chi connectivity index (χ3n) is 2.16. The molecular weight excluding hydrogens is 126 g/mol. The van der Waals surface area contributed by atoms with Crippen LogP contribution in [-0.2, 0) is 0 Å². The highest BCUT2D eigenvalue weighted by Gasteiger charge is 2.18. The number of piperidine rings is 1. The number of likely N-dealkylation sites (N-methyl/N-ethyl adjacent to an activating group) is 1. The molecular formula is C7H17N3. The van der Waals surface area contributed by atoms with E-state index < -0.39 is 0 Å². The smallest absolute Gasteiger partial charge is 0.0284 e. The van der Waals surface area contributed by atoms with Crippen LogP contribution in [0.4, 0.5) is 0 Å². The lowest BCUT2D eigenvalue weighted by Gasteiger charge is -2.33. The normalized spacial score (nSPS) is 29.4. The van der Waals surface area contributed by atoms with E-state index in [9.17, 15) is 0 Å². The molecule has 1 unspecified atom stereocenters. The van der Waals surface area contributed by atoms with E-state index in [1.54, 1.807) is 0 Å². The Balaban J connectivity index is 2.32. The first-order valence-electron chi connectivity index (χ1n) is 3.86. The summed E-state index contributed by atoms with van der Waals surface area (Å²) in [5.74, 6) is 5.67. The number of rotatable bonds is 1. The van der Waals surface area contributed by atoms with Gasteiger partial charge in [-0.15, -0.1) is 0 Å². The first kappa shape index (κ1) is 7.98. The molecule has 1 aliphatic heterocycles. The number of hydrazine groups is 1. The molecule has 2 N–H and O–H groups in total. The van der Waals surface area contributed by atoms with Gasteiger partial charge in [-0.3, -0.25) is 5.84 Å². The van der Waals surface area contributed by atoms with Crippen molar-refractivity contribution in [2.75, 3.05) is 27.2 Å². The highest BCUT2D eigenvalue weighted by molar-refractivity contribution is 4.74. The van der Waals surface area contributed by atoms with Crippen LogP contribution in [-0.4, -0.2) is 43.1 Å². The van der Waals surface area contributed by atoms with Gasteiger partial charge in [0.25, 0.3) is 0 Å². The summed E-state index contributed by atoms with van der Waals surface area (Å²) in [6.45, 7) is 2.08. The first-order chi connectivity index (χ1) is 4.70. The molecule has 0 radical (unpaired) electrons. The topological polar surface area (TPSA) is 32.5 Å². The van der Waals surface area contributed by atoms with E-state index in [1.807, 2.05) is 5.01 Å². The summed E-state index contributed by atoms with van der Waals surface area (Å²) >= 11 is 0. The molecule has 1 rings (SSSR count). The van der Waals surface area contributed by atoms with Crippen molar-refractivity contribution in [3.05, 3.63) is 0 Å². The van der Waals surface area contributed by atoms with Crippen molar-refractivity contribution >= 4 is 0 Å². The fraction of sp³-hybridized carbons (Fsp3) is 1.00. The predicted molar refractivity (Wildman–Crippen MR) is 42.5 cm³/mol. The van der Waals surface area contributed by atoms with Gasteiger partial charge in [0.05, 0.1) is 0 Å². The van der Waals surface area contributed by atoms with E-state index in [0.29, 0.717) is 6.04 Å². The molecule has 0 aromatic rings. The molecule has 60 valence electrons. The van der Waals surface area contributed by atoms with Crippen molar-refractivity contribution in [1.29, 1.82) is 0 Å². The number of hydrogen-bond donors (Lipinski definition) is 1. The summed E-state index contributed by atoms with van der Waals surface area (Å²) in [4.78, 5) is 2.25. The Labute approximate surface area is 62.8 Å². The summed E-state index contributed by atoms with van der Waals surface area (Å²) in [5, 5.41) is 1.91. The van der Waals surface area contributed by atoms with Crippen molar-refractivity contribution in [2.24, 2.45) is 5.84 Å². The predicted octanol–water partition coefficient (Wildman–Crippen LogP) is -0.114. The fourth-order valence-corrected chi connectivity index (χ4v) is 1.40. The van der Waals surface area contributed by atoms with Gasteiger partial charge < -0.3 is 4.90 Å².